The second kappa shape index (κ2) is 12.4. The molecule has 0 spiro atoms. The van der Waals surface area contributed by atoms with Gasteiger partial charge in [0.15, 0.2) is 6.61 Å². The fourth-order valence-corrected chi connectivity index (χ4v) is 5.63. The summed E-state index contributed by atoms with van der Waals surface area (Å²) < 4.78 is 34.0. The molecule has 11 heteroatoms. The van der Waals surface area contributed by atoms with Gasteiger partial charge in [-0.25, -0.2) is 8.42 Å². The lowest BCUT2D eigenvalue weighted by atomic mass is 10.2. The van der Waals surface area contributed by atoms with Gasteiger partial charge in [0.25, 0.3) is 15.9 Å². The van der Waals surface area contributed by atoms with Crippen LogP contribution in [0.15, 0.2) is 61.7 Å². The van der Waals surface area contributed by atoms with Gasteiger partial charge in [-0.1, -0.05) is 28.4 Å². The highest BCUT2D eigenvalue weighted by Gasteiger charge is 2.18. The maximum atomic E-state index is 12.7. The van der Waals surface area contributed by atoms with E-state index in [9.17, 15) is 18.0 Å². The molecule has 0 atom stereocenters. The maximum absolute atomic E-state index is 12.7. The zero-order chi connectivity index (χ0) is 24.6. The fraction of sp³-hybridized carbons (Fsp3) is 0.348. The Bertz CT molecular complexity index is 1180. The minimum absolute atomic E-state index is 0.00973. The molecule has 2 N–H and O–H groups in total. The molecule has 0 radical (unpaired) electrons. The molecule has 1 amide bonds. The molecule has 0 aliphatic carbocycles. The van der Waals surface area contributed by atoms with E-state index in [1.54, 1.807) is 6.07 Å². The molecule has 8 nitrogen and oxygen atoms in total. The van der Waals surface area contributed by atoms with Crippen molar-refractivity contribution in [1.82, 2.24) is 4.72 Å². The molecule has 0 unspecified atom stereocenters. The van der Waals surface area contributed by atoms with Crippen molar-refractivity contribution in [2.24, 2.45) is 4.99 Å². The Labute approximate surface area is 212 Å². The van der Waals surface area contributed by atoms with Gasteiger partial charge in [0.1, 0.15) is 5.84 Å². The van der Waals surface area contributed by atoms with E-state index in [0.717, 1.165) is 34.2 Å². The zero-order valence-electron chi connectivity index (χ0n) is 18.7. The van der Waals surface area contributed by atoms with Crippen molar-refractivity contribution in [2.45, 2.75) is 42.4 Å². The largest absolute Gasteiger partial charge is 0.455 e. The van der Waals surface area contributed by atoms with Crippen LogP contribution in [-0.4, -0.2) is 45.0 Å². The van der Waals surface area contributed by atoms with Gasteiger partial charge < -0.3 is 10.1 Å². The minimum Gasteiger partial charge on any atom is -0.455 e. The number of carbonyl (C=O) groups excluding carboxylic acids is 2. The lowest BCUT2D eigenvalue weighted by Crippen LogP contribution is -2.30. The van der Waals surface area contributed by atoms with Crippen LogP contribution in [-0.2, 0) is 24.3 Å². The standard InChI is InChI=1S/C23H26BrN3O5S2/c1-16-12-17(24)9-10-20(16)33-15-23(29)32-14-22(28)26-18-6-5-7-19(13-18)34(30,31)27-21-8-3-2-4-11-25-21/h5-7,9-10,12-13H,2-4,8,11,14-15H2,1H3,(H,25,27)(H,26,28). The number of esters is 1. The highest BCUT2D eigenvalue weighted by Crippen LogP contribution is 2.25. The highest BCUT2D eigenvalue weighted by atomic mass is 79.9. The Morgan fingerprint density at radius 1 is 1.15 bits per heavy atom. The minimum atomic E-state index is -3.82. The summed E-state index contributed by atoms with van der Waals surface area (Å²) in [7, 11) is -3.82. The van der Waals surface area contributed by atoms with E-state index in [1.807, 2.05) is 25.1 Å². The molecule has 0 saturated carbocycles. The van der Waals surface area contributed by atoms with Gasteiger partial charge in [0, 0.05) is 28.0 Å². The summed E-state index contributed by atoms with van der Waals surface area (Å²) >= 11 is 4.73. The fourth-order valence-electron chi connectivity index (χ4n) is 3.21. The van der Waals surface area contributed by atoms with Crippen molar-refractivity contribution in [3.05, 3.63) is 52.5 Å². The average molecular weight is 569 g/mol. The molecule has 1 heterocycles. The van der Waals surface area contributed by atoms with Crippen molar-refractivity contribution >= 4 is 61.1 Å². The molecule has 34 heavy (non-hydrogen) atoms. The van der Waals surface area contributed by atoms with Crippen LogP contribution in [0.5, 0.6) is 0 Å². The number of sulfonamides is 1. The number of benzene rings is 2. The molecule has 0 aromatic heterocycles. The first-order valence-corrected chi connectivity index (χ1v) is 14.0. The first-order chi connectivity index (χ1) is 16.2. The molecule has 0 bridgehead atoms. The molecule has 2 aromatic rings. The van der Waals surface area contributed by atoms with E-state index in [1.165, 1.54) is 30.0 Å². The highest BCUT2D eigenvalue weighted by molar-refractivity contribution is 9.10. The second-order valence-corrected chi connectivity index (χ2v) is 11.3. The quantitative estimate of drug-likeness (QED) is 0.363. The number of rotatable bonds is 8. The average Bonchev–Trinajstić information content (AvgIpc) is 3.05. The molecular formula is C23H26BrN3O5S2. The summed E-state index contributed by atoms with van der Waals surface area (Å²) in [6, 6.07) is 11.6. The first-order valence-electron chi connectivity index (χ1n) is 10.7. The number of carbonyl (C=O) groups is 2. The number of anilines is 1. The Hall–Kier alpha value is -2.37. The summed E-state index contributed by atoms with van der Waals surface area (Å²) in [5.74, 6) is -0.560. The monoisotopic (exact) mass is 567 g/mol. The normalized spacial score (nSPS) is 14.0. The topological polar surface area (TPSA) is 114 Å². The van der Waals surface area contributed by atoms with Gasteiger partial charge in [-0.05, 0) is 61.7 Å². The van der Waals surface area contributed by atoms with E-state index in [0.29, 0.717) is 18.8 Å². The molecule has 0 saturated heterocycles. The van der Waals surface area contributed by atoms with Crippen LogP contribution in [0.1, 0.15) is 31.2 Å². The predicted octanol–water partition coefficient (Wildman–Crippen LogP) is 4.28. The SMILES string of the molecule is Cc1cc(Br)ccc1SCC(=O)OCC(=O)Nc1cccc(S(=O)(=O)NC2=NCCCCC2)c1. The number of amidine groups is 1. The Balaban J connectivity index is 1.50. The van der Waals surface area contributed by atoms with Crippen LogP contribution in [0, 0.1) is 6.92 Å². The van der Waals surface area contributed by atoms with E-state index >= 15 is 0 Å². The molecule has 3 rings (SSSR count). The number of amides is 1. The van der Waals surface area contributed by atoms with Gasteiger partial charge in [0.05, 0.1) is 10.6 Å². The molecule has 1 aliphatic heterocycles. The summed E-state index contributed by atoms with van der Waals surface area (Å²) in [4.78, 5) is 29.5. The van der Waals surface area contributed by atoms with Gasteiger partial charge in [-0.2, -0.15) is 0 Å². The summed E-state index contributed by atoms with van der Waals surface area (Å²) in [6.45, 7) is 2.08. The second-order valence-electron chi connectivity index (χ2n) is 7.68. The number of aliphatic imine (C=N–C) groups is 1. The molecule has 1 aliphatic rings. The number of nitrogens with zero attached hydrogens (tertiary/aromatic N) is 1. The number of aryl methyl sites for hydroxylation is 1. The van der Waals surface area contributed by atoms with Crippen LogP contribution in [0.4, 0.5) is 5.69 Å². The third-order valence-corrected chi connectivity index (χ3v) is 7.92. The third kappa shape index (κ3) is 8.14. The Kier molecular flexibility index (Phi) is 9.54. The lowest BCUT2D eigenvalue weighted by molar-refractivity contribution is -0.144. The number of ether oxygens (including phenoxy) is 1. The van der Waals surface area contributed by atoms with Crippen LogP contribution in [0.25, 0.3) is 0 Å². The number of hydrogen-bond donors (Lipinski definition) is 2. The van der Waals surface area contributed by atoms with Gasteiger partial charge in [-0.3, -0.25) is 19.3 Å². The number of nitrogens with one attached hydrogen (secondary N) is 2. The number of halogens is 1. The van der Waals surface area contributed by atoms with Gasteiger partial charge in [0.2, 0.25) is 0 Å². The molecule has 2 aromatic carbocycles. The maximum Gasteiger partial charge on any atom is 0.316 e. The molecule has 182 valence electrons. The van der Waals surface area contributed by atoms with Crippen molar-refractivity contribution in [3.8, 4) is 0 Å². The van der Waals surface area contributed by atoms with Crippen LogP contribution in [0.2, 0.25) is 0 Å². The first kappa shape index (κ1) is 26.2. The summed E-state index contributed by atoms with van der Waals surface area (Å²) in [5, 5.41) is 2.56. The van der Waals surface area contributed by atoms with Crippen LogP contribution < -0.4 is 10.0 Å². The van der Waals surface area contributed by atoms with E-state index in [2.05, 4.69) is 31.0 Å². The Morgan fingerprint density at radius 3 is 2.76 bits per heavy atom. The molecule has 0 fully saturated rings. The number of hydrogen-bond acceptors (Lipinski definition) is 7. The summed E-state index contributed by atoms with van der Waals surface area (Å²) in [6.07, 6.45) is 3.43. The van der Waals surface area contributed by atoms with Gasteiger partial charge >= 0.3 is 5.97 Å². The zero-order valence-corrected chi connectivity index (χ0v) is 21.9. The predicted molar refractivity (Wildman–Crippen MR) is 137 cm³/mol. The van der Waals surface area contributed by atoms with Crippen molar-refractivity contribution < 1.29 is 22.7 Å². The van der Waals surface area contributed by atoms with Crippen LogP contribution >= 0.6 is 27.7 Å². The lowest BCUT2D eigenvalue weighted by Gasteiger charge is -2.11. The Morgan fingerprint density at radius 2 is 1.97 bits per heavy atom. The smallest absolute Gasteiger partial charge is 0.316 e. The molecular weight excluding hydrogens is 542 g/mol. The van der Waals surface area contributed by atoms with E-state index in [-0.39, 0.29) is 16.3 Å². The van der Waals surface area contributed by atoms with Crippen molar-refractivity contribution in [1.29, 1.82) is 0 Å². The van der Waals surface area contributed by atoms with Crippen molar-refractivity contribution in [2.75, 3.05) is 24.2 Å². The van der Waals surface area contributed by atoms with Crippen molar-refractivity contribution in [3.63, 3.8) is 0 Å². The number of thioether (sulfide) groups is 1. The van der Waals surface area contributed by atoms with Crippen LogP contribution in [0.3, 0.4) is 0 Å². The van der Waals surface area contributed by atoms with E-state index in [4.69, 9.17) is 4.74 Å². The summed E-state index contributed by atoms with van der Waals surface area (Å²) in [5.41, 5.74) is 1.31. The third-order valence-electron chi connectivity index (χ3n) is 4.90. The van der Waals surface area contributed by atoms with Gasteiger partial charge in [-0.15, -0.1) is 11.8 Å². The van der Waals surface area contributed by atoms with E-state index < -0.39 is 28.5 Å².